The quantitative estimate of drug-likeness (QED) is 0.779. The zero-order chi connectivity index (χ0) is 9.14. The number of nitrogens with zero attached hydrogens (tertiary/aromatic N) is 1. The molecule has 1 rings (SSSR count). The van der Waals surface area contributed by atoms with E-state index in [1.165, 1.54) is 0 Å². The normalized spacial score (nSPS) is 9.83. The van der Waals surface area contributed by atoms with Gasteiger partial charge in [0.25, 0.3) is 0 Å². The fourth-order valence-electron chi connectivity index (χ4n) is 0.778. The number of ether oxygens (including phenoxy) is 1. The lowest BCUT2D eigenvalue weighted by molar-refractivity contribution is 0.0697. The van der Waals surface area contributed by atoms with Crippen LogP contribution in [0.5, 0.6) is 5.88 Å². The monoisotopic (exact) mass is 187 g/mol. The van der Waals surface area contributed by atoms with Crippen molar-refractivity contribution in [1.82, 2.24) is 4.98 Å². The summed E-state index contributed by atoms with van der Waals surface area (Å²) in [4.78, 5) is 14.7. The van der Waals surface area contributed by atoms with Gasteiger partial charge < -0.3 is 9.84 Å². The Hall–Kier alpha value is -1.10. The molecule has 4 nitrogen and oxygen atoms in total. The molecule has 0 saturated carbocycles. The van der Waals surface area contributed by atoms with Crippen molar-refractivity contribution in [3.05, 3.63) is 9.88 Å². The van der Waals surface area contributed by atoms with Gasteiger partial charge in [-0.05, 0) is 13.8 Å². The van der Waals surface area contributed by atoms with E-state index >= 15 is 0 Å². The van der Waals surface area contributed by atoms with Crippen molar-refractivity contribution in [2.75, 3.05) is 6.61 Å². The van der Waals surface area contributed by atoms with Gasteiger partial charge in [-0.2, -0.15) is 0 Å². The third-order valence-electron chi connectivity index (χ3n) is 1.18. The third-order valence-corrected chi connectivity index (χ3v) is 2.12. The summed E-state index contributed by atoms with van der Waals surface area (Å²) in [7, 11) is 0. The molecule has 1 aromatic heterocycles. The number of aromatic nitrogens is 1. The van der Waals surface area contributed by atoms with Crippen LogP contribution < -0.4 is 4.74 Å². The molecule has 66 valence electrons. The highest BCUT2D eigenvalue weighted by atomic mass is 32.1. The number of thiazole rings is 1. The van der Waals surface area contributed by atoms with Crippen molar-refractivity contribution in [1.29, 1.82) is 0 Å². The van der Waals surface area contributed by atoms with Gasteiger partial charge in [0.15, 0.2) is 4.88 Å². The molecule has 1 N–H and O–H groups in total. The summed E-state index contributed by atoms with van der Waals surface area (Å²) in [6.45, 7) is 3.98. The first-order chi connectivity index (χ1) is 5.65. The Morgan fingerprint density at radius 1 is 1.75 bits per heavy atom. The van der Waals surface area contributed by atoms with Crippen molar-refractivity contribution in [3.63, 3.8) is 0 Å². The molecule has 5 heteroatoms. The molecule has 0 aliphatic heterocycles. The van der Waals surface area contributed by atoms with Gasteiger partial charge in [0, 0.05) is 0 Å². The number of rotatable bonds is 3. The number of hydrogen-bond acceptors (Lipinski definition) is 4. The molecule has 0 radical (unpaired) electrons. The van der Waals surface area contributed by atoms with E-state index in [-0.39, 0.29) is 10.8 Å². The Kier molecular flexibility index (Phi) is 2.65. The largest absolute Gasteiger partial charge is 0.477 e. The maximum absolute atomic E-state index is 10.6. The second-order valence-electron chi connectivity index (χ2n) is 2.11. The Morgan fingerprint density at radius 3 is 2.92 bits per heavy atom. The Labute approximate surface area is 73.8 Å². The van der Waals surface area contributed by atoms with E-state index in [9.17, 15) is 4.79 Å². The molecule has 12 heavy (non-hydrogen) atoms. The number of aromatic carboxylic acids is 1. The maximum atomic E-state index is 10.6. The summed E-state index contributed by atoms with van der Waals surface area (Å²) in [5, 5.41) is 9.40. The van der Waals surface area contributed by atoms with E-state index in [0.717, 1.165) is 11.3 Å². The van der Waals surface area contributed by atoms with Crippen LogP contribution in [0.4, 0.5) is 0 Å². The molecular weight excluding hydrogens is 178 g/mol. The van der Waals surface area contributed by atoms with Crippen LogP contribution in [0.3, 0.4) is 0 Å². The first-order valence-electron chi connectivity index (χ1n) is 3.48. The average Bonchev–Trinajstić information content (AvgIpc) is 2.32. The number of carboxylic acid groups (broad SMARTS) is 1. The van der Waals surface area contributed by atoms with Crippen LogP contribution in [0.1, 0.15) is 21.6 Å². The van der Waals surface area contributed by atoms with Gasteiger partial charge in [-0.3, -0.25) is 0 Å². The molecule has 0 fully saturated rings. The SMILES string of the molecule is CCOc1nc(C)sc1C(=O)O. The summed E-state index contributed by atoms with van der Waals surface area (Å²) in [6.07, 6.45) is 0. The molecular formula is C7H9NO3S. The second kappa shape index (κ2) is 3.53. The molecule has 1 heterocycles. The van der Waals surface area contributed by atoms with Gasteiger partial charge in [0.05, 0.1) is 11.6 Å². The van der Waals surface area contributed by atoms with Gasteiger partial charge >= 0.3 is 5.97 Å². The molecule has 0 amide bonds. The summed E-state index contributed by atoms with van der Waals surface area (Å²) < 4.78 is 5.04. The summed E-state index contributed by atoms with van der Waals surface area (Å²) >= 11 is 1.13. The molecule has 0 spiro atoms. The summed E-state index contributed by atoms with van der Waals surface area (Å²) in [5.41, 5.74) is 0. The molecule has 0 aliphatic rings. The van der Waals surface area contributed by atoms with Crippen LogP contribution in [-0.2, 0) is 0 Å². The van der Waals surface area contributed by atoms with Crippen molar-refractivity contribution >= 4 is 17.3 Å². The topological polar surface area (TPSA) is 59.4 Å². The highest BCUT2D eigenvalue weighted by molar-refractivity contribution is 7.13. The minimum atomic E-state index is -0.982. The molecule has 0 atom stereocenters. The minimum Gasteiger partial charge on any atom is -0.477 e. The Balaban J connectivity index is 2.99. The van der Waals surface area contributed by atoms with E-state index in [2.05, 4.69) is 4.98 Å². The molecule has 0 aromatic carbocycles. The molecule has 1 aromatic rings. The van der Waals surface area contributed by atoms with Gasteiger partial charge in [-0.25, -0.2) is 9.78 Å². The van der Waals surface area contributed by atoms with Crippen LogP contribution >= 0.6 is 11.3 Å². The van der Waals surface area contributed by atoms with Crippen LogP contribution in [-0.4, -0.2) is 22.7 Å². The van der Waals surface area contributed by atoms with E-state index < -0.39 is 5.97 Å². The molecule has 0 unspecified atom stereocenters. The van der Waals surface area contributed by atoms with Gasteiger partial charge in [-0.15, -0.1) is 11.3 Å². The number of carboxylic acids is 1. The van der Waals surface area contributed by atoms with Crippen molar-refractivity contribution in [2.24, 2.45) is 0 Å². The molecule has 0 bridgehead atoms. The first kappa shape index (κ1) is 8.99. The fourth-order valence-corrected chi connectivity index (χ4v) is 1.48. The van der Waals surface area contributed by atoms with Gasteiger partial charge in [-0.1, -0.05) is 0 Å². The minimum absolute atomic E-state index is 0.175. The van der Waals surface area contributed by atoms with Crippen LogP contribution in [0.15, 0.2) is 0 Å². The summed E-state index contributed by atoms with van der Waals surface area (Å²) in [6, 6.07) is 0. The standard InChI is InChI=1S/C7H9NO3S/c1-3-11-6-5(7(9)10)12-4(2)8-6/h3H2,1-2H3,(H,9,10). The van der Waals surface area contributed by atoms with Crippen molar-refractivity contribution in [3.8, 4) is 5.88 Å². The lowest BCUT2D eigenvalue weighted by Gasteiger charge is -1.97. The maximum Gasteiger partial charge on any atom is 0.351 e. The first-order valence-corrected chi connectivity index (χ1v) is 4.30. The number of aryl methyl sites for hydroxylation is 1. The predicted octanol–water partition coefficient (Wildman–Crippen LogP) is 1.55. The highest BCUT2D eigenvalue weighted by Gasteiger charge is 2.16. The zero-order valence-electron chi connectivity index (χ0n) is 6.83. The molecule has 0 saturated heterocycles. The smallest absolute Gasteiger partial charge is 0.351 e. The average molecular weight is 187 g/mol. The highest BCUT2D eigenvalue weighted by Crippen LogP contribution is 2.24. The Morgan fingerprint density at radius 2 is 2.42 bits per heavy atom. The van der Waals surface area contributed by atoms with Crippen LogP contribution in [0.25, 0.3) is 0 Å². The zero-order valence-corrected chi connectivity index (χ0v) is 7.64. The Bertz CT molecular complexity index is 295. The lowest BCUT2D eigenvalue weighted by atomic mass is 10.5. The van der Waals surface area contributed by atoms with Gasteiger partial charge in [0.1, 0.15) is 0 Å². The molecule has 0 aliphatic carbocycles. The third kappa shape index (κ3) is 1.73. The van der Waals surface area contributed by atoms with Crippen molar-refractivity contribution < 1.29 is 14.6 Å². The van der Waals surface area contributed by atoms with Crippen molar-refractivity contribution in [2.45, 2.75) is 13.8 Å². The lowest BCUT2D eigenvalue weighted by Crippen LogP contribution is -1.99. The second-order valence-corrected chi connectivity index (χ2v) is 3.31. The van der Waals surface area contributed by atoms with E-state index in [1.54, 1.807) is 13.8 Å². The fraction of sp³-hybridized carbons (Fsp3) is 0.429. The van der Waals surface area contributed by atoms with E-state index in [1.807, 2.05) is 0 Å². The van der Waals surface area contributed by atoms with Crippen LogP contribution in [0.2, 0.25) is 0 Å². The van der Waals surface area contributed by atoms with E-state index in [4.69, 9.17) is 9.84 Å². The summed E-state index contributed by atoms with van der Waals surface area (Å²) in [5.74, 6) is -0.753. The van der Waals surface area contributed by atoms with Gasteiger partial charge in [0.2, 0.25) is 5.88 Å². The van der Waals surface area contributed by atoms with Crippen LogP contribution in [0, 0.1) is 6.92 Å². The van der Waals surface area contributed by atoms with E-state index in [0.29, 0.717) is 11.6 Å². The predicted molar refractivity (Wildman–Crippen MR) is 45.0 cm³/mol. The number of carbonyl (C=O) groups is 1. The number of hydrogen-bond donors (Lipinski definition) is 1.